The van der Waals surface area contributed by atoms with E-state index >= 15 is 0 Å². The van der Waals surface area contributed by atoms with Crippen LogP contribution in [0.2, 0.25) is 5.15 Å². The molecule has 2 aliphatic heterocycles. The lowest BCUT2D eigenvalue weighted by Gasteiger charge is -2.47. The molecule has 21 heteroatoms. The number of fused-ring (bicyclic) bond motifs is 2. The molecule has 10 atom stereocenters. The maximum absolute atomic E-state index is 12.8. The number of aromatic nitrogens is 8. The Morgan fingerprint density at radius 1 is 0.807 bits per heavy atom. The molecule has 0 bridgehead atoms. The third-order valence-electron chi connectivity index (χ3n) is 10.7. The fraction of sp³-hybridized carbons (Fsp3) is 0.472. The van der Waals surface area contributed by atoms with Crippen molar-refractivity contribution in [1.29, 1.82) is 0 Å². The highest BCUT2D eigenvalue weighted by molar-refractivity contribution is 6.33. The van der Waals surface area contributed by atoms with Gasteiger partial charge in [0.25, 0.3) is 0 Å². The normalized spacial score (nSPS) is 31.2. The molecule has 4 fully saturated rings. The predicted molar refractivity (Wildman–Crippen MR) is 196 cm³/mol. The van der Waals surface area contributed by atoms with Crippen LogP contribution in [0.25, 0.3) is 22.3 Å². The maximum atomic E-state index is 12.8. The number of anilines is 1. The Labute approximate surface area is 328 Å². The predicted octanol–water partition coefficient (Wildman–Crippen LogP) is 1.82. The highest BCUT2D eigenvalue weighted by atomic mass is 35.5. The number of nitrogens with two attached hydrogens (primary N) is 1. The second-order valence-electron chi connectivity index (χ2n) is 13.9. The number of carbonyl (C=O) groups is 3. The Balaban J connectivity index is 0.000000192. The second kappa shape index (κ2) is 15.2. The molecule has 1 aromatic carbocycles. The second-order valence-corrected chi connectivity index (χ2v) is 14.2. The molecule has 4 aromatic heterocycles. The molecule has 57 heavy (non-hydrogen) atoms. The molecular weight excluding hydrogens is 770 g/mol. The molecule has 2 spiro atoms. The van der Waals surface area contributed by atoms with Gasteiger partial charge in [0.2, 0.25) is 0 Å². The number of imidazole rings is 2. The molecule has 302 valence electrons. The van der Waals surface area contributed by atoms with Crippen molar-refractivity contribution >= 4 is 57.7 Å². The van der Waals surface area contributed by atoms with Crippen LogP contribution in [0, 0.1) is 0 Å². The molecule has 5 aromatic rings. The Kier molecular flexibility index (Phi) is 10.6. The van der Waals surface area contributed by atoms with Gasteiger partial charge in [-0.15, -0.1) is 0 Å². The number of nitrogens with zero attached hydrogens (tertiary/aromatic N) is 8. The van der Waals surface area contributed by atoms with Crippen molar-refractivity contribution in [2.75, 3.05) is 5.73 Å². The third kappa shape index (κ3) is 6.60. The van der Waals surface area contributed by atoms with Gasteiger partial charge >= 0.3 is 17.9 Å². The first-order valence-corrected chi connectivity index (χ1v) is 18.0. The van der Waals surface area contributed by atoms with Crippen LogP contribution in [0.5, 0.6) is 0 Å². The van der Waals surface area contributed by atoms with Crippen LogP contribution in [0.15, 0.2) is 55.6 Å². The summed E-state index contributed by atoms with van der Waals surface area (Å²) in [5.41, 5.74) is 5.21. The molecule has 2 saturated carbocycles. The van der Waals surface area contributed by atoms with Gasteiger partial charge in [0.1, 0.15) is 53.2 Å². The largest absolute Gasteiger partial charge is 0.456 e. The van der Waals surface area contributed by atoms with Gasteiger partial charge in [-0.25, -0.2) is 34.7 Å². The van der Waals surface area contributed by atoms with Crippen LogP contribution < -0.4 is 5.73 Å². The quantitative estimate of drug-likeness (QED) is 0.108. The van der Waals surface area contributed by atoms with Crippen LogP contribution >= 0.6 is 11.6 Å². The lowest BCUT2D eigenvalue weighted by Crippen LogP contribution is -2.62. The first-order valence-electron chi connectivity index (χ1n) is 17.6. The highest BCUT2D eigenvalue weighted by Crippen LogP contribution is 2.53. The summed E-state index contributed by atoms with van der Waals surface area (Å²) < 4.78 is 32.3. The number of hydrogen-bond acceptors (Lipinski definition) is 18. The first kappa shape index (κ1) is 39.8. The number of rotatable bonds is 6. The fourth-order valence-electron chi connectivity index (χ4n) is 7.73. The lowest BCUT2D eigenvalue weighted by molar-refractivity contribution is -0.221. The summed E-state index contributed by atoms with van der Waals surface area (Å²) >= 11 is 6.15. The number of carbonyl (C=O) groups excluding carboxylic acids is 3. The zero-order chi connectivity index (χ0) is 39.5. The van der Waals surface area contributed by atoms with E-state index in [1.165, 1.54) is 48.3 Å². The molecule has 4 aliphatic rings. The molecule has 5 N–H and O–H groups in total. The van der Waals surface area contributed by atoms with E-state index in [1.807, 2.05) is 0 Å². The Hall–Kier alpha value is -5.38. The van der Waals surface area contributed by atoms with Gasteiger partial charge in [-0.1, -0.05) is 37.2 Å². The van der Waals surface area contributed by atoms with Crippen LogP contribution in [-0.4, -0.2) is 120 Å². The smallest absolute Gasteiger partial charge is 0.338 e. The van der Waals surface area contributed by atoms with Gasteiger partial charge in [-0.3, -0.25) is 18.7 Å². The van der Waals surface area contributed by atoms with Crippen LogP contribution in [-0.2, 0) is 33.3 Å². The standard InChI is InChI=1S/C23H21ClN4O7.C12H15N5O4.CH4/c1-12(29)32-17-18(33-13(2)30)23(9-8-15(23)34-22(31)14-6-4-3-5-7-14)35-21(17)28-11-27-16-19(24)25-10-26-20(16)28;13-9-6-10(15-3-14-9)17(4-16-6)11-7(19)8(20)12(21-11)2-1-5(12)18;/h3-7,10-11,15,17-18,21H,8-9H2,1-2H3;3-5,7-8,11,18-20H,1-2H2,(H2,13,14,15);1H4/t15-,17?,18-,21-,23+;5-,7?,8-,11-,12+;/m11./s1. The van der Waals surface area contributed by atoms with E-state index in [-0.39, 0.29) is 18.4 Å². The average Bonchev–Trinajstić information content (AvgIpc) is 3.94. The molecule has 2 saturated heterocycles. The molecule has 2 unspecified atom stereocenters. The number of aliphatic hydroxyl groups is 3. The summed E-state index contributed by atoms with van der Waals surface area (Å²) in [6.45, 7) is 2.49. The summed E-state index contributed by atoms with van der Waals surface area (Å²) in [5, 5.41) is 30.5. The van der Waals surface area contributed by atoms with Crippen molar-refractivity contribution in [2.24, 2.45) is 0 Å². The van der Waals surface area contributed by atoms with Crippen LogP contribution in [0.3, 0.4) is 0 Å². The molecule has 2 aliphatic carbocycles. The van der Waals surface area contributed by atoms with Gasteiger partial charge in [-0.05, 0) is 37.8 Å². The lowest BCUT2D eigenvalue weighted by atomic mass is 9.72. The van der Waals surface area contributed by atoms with E-state index in [9.17, 15) is 29.7 Å². The van der Waals surface area contributed by atoms with E-state index in [0.717, 1.165) is 0 Å². The number of ether oxygens (including phenoxy) is 5. The van der Waals surface area contributed by atoms with Crippen LogP contribution in [0.4, 0.5) is 5.82 Å². The summed E-state index contributed by atoms with van der Waals surface area (Å²) in [4.78, 5) is 61.4. The van der Waals surface area contributed by atoms with Crippen LogP contribution in [0.1, 0.15) is 69.8 Å². The molecule has 9 rings (SSSR count). The monoisotopic (exact) mass is 809 g/mol. The summed E-state index contributed by atoms with van der Waals surface area (Å²) in [6.07, 6.45) is -0.563. The van der Waals surface area contributed by atoms with Crippen molar-refractivity contribution in [3.63, 3.8) is 0 Å². The number of hydrogen-bond donors (Lipinski definition) is 4. The Morgan fingerprint density at radius 3 is 2.02 bits per heavy atom. The van der Waals surface area contributed by atoms with E-state index in [2.05, 4.69) is 29.9 Å². The zero-order valence-corrected chi connectivity index (χ0v) is 30.5. The number of nitrogen functional groups attached to an aromatic ring is 1. The minimum absolute atomic E-state index is 0. The van der Waals surface area contributed by atoms with Crippen molar-refractivity contribution < 1.29 is 53.4 Å². The van der Waals surface area contributed by atoms with E-state index < -0.39 is 78.2 Å². The van der Waals surface area contributed by atoms with Gasteiger partial charge in [-0.2, -0.15) is 0 Å². The SMILES string of the molecule is C.CC(=O)OC1[C@H](n2cnc3c(Cl)ncnc32)O[C@]2(CC[C@H]2OC(=O)c2ccccc2)[C@@H]1OC(C)=O.Nc1ncnc2c1ncn2[C@@H]1O[C@]2(CC[C@H]2O)[C@H](O)C1O. The highest BCUT2D eigenvalue weighted by Gasteiger charge is 2.68. The van der Waals surface area contributed by atoms with Crippen molar-refractivity contribution in [3.05, 3.63) is 66.4 Å². The Morgan fingerprint density at radius 2 is 1.42 bits per heavy atom. The third-order valence-corrected chi connectivity index (χ3v) is 11.0. The molecule has 0 amide bonds. The summed E-state index contributed by atoms with van der Waals surface area (Å²) in [6, 6.07) is 8.52. The van der Waals surface area contributed by atoms with Gasteiger partial charge in [0.15, 0.2) is 46.9 Å². The van der Waals surface area contributed by atoms with Crippen molar-refractivity contribution in [3.8, 4) is 0 Å². The summed E-state index contributed by atoms with van der Waals surface area (Å²) in [5.74, 6) is -1.52. The topological polar surface area (TPSA) is 271 Å². The van der Waals surface area contributed by atoms with Crippen molar-refractivity contribution in [2.45, 2.75) is 107 Å². The van der Waals surface area contributed by atoms with Gasteiger partial charge in [0, 0.05) is 13.8 Å². The van der Waals surface area contributed by atoms with Gasteiger partial charge < -0.3 is 44.7 Å². The first-order chi connectivity index (χ1) is 26.8. The number of halogens is 1. The number of aliphatic hydroxyl groups excluding tert-OH is 3. The molecule has 6 heterocycles. The van der Waals surface area contributed by atoms with E-state index in [0.29, 0.717) is 53.6 Å². The minimum Gasteiger partial charge on any atom is -0.456 e. The average molecular weight is 810 g/mol. The summed E-state index contributed by atoms with van der Waals surface area (Å²) in [7, 11) is 0. The zero-order valence-electron chi connectivity index (χ0n) is 29.8. The number of esters is 3. The molecular formula is C36H40ClN9O11. The Bertz CT molecular complexity index is 2310. The molecule has 20 nitrogen and oxygen atoms in total. The maximum Gasteiger partial charge on any atom is 0.338 e. The van der Waals surface area contributed by atoms with Gasteiger partial charge in [0.05, 0.1) is 24.3 Å². The van der Waals surface area contributed by atoms with E-state index in [4.69, 9.17) is 41.0 Å². The van der Waals surface area contributed by atoms with Crippen molar-refractivity contribution in [1.82, 2.24) is 39.0 Å². The fourth-order valence-corrected chi connectivity index (χ4v) is 7.91. The molecule has 0 radical (unpaired) electrons. The number of benzene rings is 1. The van der Waals surface area contributed by atoms with E-state index in [1.54, 1.807) is 30.3 Å². The minimum atomic E-state index is -1.24.